The van der Waals surface area contributed by atoms with Crippen molar-refractivity contribution in [2.45, 2.75) is 62.9 Å². The van der Waals surface area contributed by atoms with Crippen LogP contribution in [0.25, 0.3) is 0 Å². The van der Waals surface area contributed by atoms with Gasteiger partial charge in [0.15, 0.2) is 0 Å². The molecule has 0 spiro atoms. The molecular weight excluding hydrogens is 310 g/mol. The third-order valence-corrected chi connectivity index (χ3v) is 5.61. The number of likely N-dealkylation sites (tertiary alicyclic amines) is 1. The Balaban J connectivity index is 1.65. The fourth-order valence-electron chi connectivity index (χ4n) is 4.21. The van der Waals surface area contributed by atoms with Gasteiger partial charge in [-0.05, 0) is 25.7 Å². The topological polar surface area (TPSA) is 76.8 Å². The summed E-state index contributed by atoms with van der Waals surface area (Å²) in [6, 6.07) is 0.364. The molecule has 0 radical (unpaired) electrons. The van der Waals surface area contributed by atoms with Gasteiger partial charge < -0.3 is 14.6 Å². The Kier molecular flexibility index (Phi) is 5.22. The fraction of sp³-hybridized carbons (Fsp3) is 0.765. The fourth-order valence-corrected chi connectivity index (χ4v) is 4.21. The monoisotopic (exact) mass is 337 g/mol. The van der Waals surface area contributed by atoms with Crippen LogP contribution in [0, 0.1) is 0 Å². The van der Waals surface area contributed by atoms with Crippen LogP contribution in [0.2, 0.25) is 0 Å². The molecule has 2 heterocycles. The number of hydrogen-bond donors (Lipinski definition) is 1. The highest BCUT2D eigenvalue weighted by molar-refractivity contribution is 5.66. The Bertz CT molecular complexity index is 576. The van der Waals surface area contributed by atoms with Crippen LogP contribution in [-0.2, 0) is 27.4 Å². The Morgan fingerprint density at radius 2 is 2.29 bits per heavy atom. The molecule has 1 aromatic heterocycles. The molecule has 3 rings (SSSR count). The Labute approximate surface area is 142 Å². The van der Waals surface area contributed by atoms with Gasteiger partial charge in [-0.25, -0.2) is 0 Å². The van der Waals surface area contributed by atoms with Gasteiger partial charge in [0.25, 0.3) is 0 Å². The van der Waals surface area contributed by atoms with E-state index in [0.717, 1.165) is 44.3 Å². The average molecular weight is 337 g/mol. The first kappa shape index (κ1) is 17.4. The second kappa shape index (κ2) is 7.21. The number of aromatic nitrogens is 2. The largest absolute Gasteiger partial charge is 0.481 e. The van der Waals surface area contributed by atoms with Gasteiger partial charge in [0, 0.05) is 45.1 Å². The maximum atomic E-state index is 10.7. The van der Waals surface area contributed by atoms with Gasteiger partial charge in [-0.2, -0.15) is 5.10 Å². The molecule has 7 nitrogen and oxygen atoms in total. The van der Waals surface area contributed by atoms with Gasteiger partial charge in [0.1, 0.15) is 0 Å². The number of aryl methyl sites for hydroxylation is 1. The number of aliphatic carboxylic acids is 1. The van der Waals surface area contributed by atoms with E-state index in [1.165, 1.54) is 0 Å². The molecule has 1 N–H and O–H groups in total. The maximum Gasteiger partial charge on any atom is 0.305 e. The molecule has 1 aliphatic carbocycles. The SMILES string of the molecule is CO[C@H]1CC[C@]2(OC)CCN(Cc3cnn(CCC(=O)O)c3)[C@@H]2C1. The number of nitrogens with zero attached hydrogens (tertiary/aromatic N) is 3. The molecule has 1 aliphatic heterocycles. The van der Waals surface area contributed by atoms with Crippen LogP contribution in [0.4, 0.5) is 0 Å². The van der Waals surface area contributed by atoms with Crippen molar-refractivity contribution in [3.63, 3.8) is 0 Å². The molecule has 2 aliphatic rings. The number of rotatable bonds is 7. The first-order valence-corrected chi connectivity index (χ1v) is 8.61. The second-order valence-electron chi connectivity index (χ2n) is 6.89. The van der Waals surface area contributed by atoms with Crippen LogP contribution in [0.3, 0.4) is 0 Å². The quantitative estimate of drug-likeness (QED) is 0.813. The van der Waals surface area contributed by atoms with Crippen LogP contribution in [0.1, 0.15) is 37.7 Å². The smallest absolute Gasteiger partial charge is 0.305 e. The van der Waals surface area contributed by atoms with Crippen LogP contribution < -0.4 is 0 Å². The number of methoxy groups -OCH3 is 2. The summed E-state index contributed by atoms with van der Waals surface area (Å²) >= 11 is 0. The predicted molar refractivity (Wildman–Crippen MR) is 87.7 cm³/mol. The summed E-state index contributed by atoms with van der Waals surface area (Å²) in [5.74, 6) is -0.802. The zero-order chi connectivity index (χ0) is 17.2. The highest BCUT2D eigenvalue weighted by atomic mass is 16.5. The van der Waals surface area contributed by atoms with Crippen LogP contribution >= 0.6 is 0 Å². The number of ether oxygens (including phenoxy) is 2. The van der Waals surface area contributed by atoms with E-state index in [1.54, 1.807) is 11.8 Å². The number of carboxylic acid groups (broad SMARTS) is 1. The van der Waals surface area contributed by atoms with E-state index >= 15 is 0 Å². The van der Waals surface area contributed by atoms with Crippen LogP contribution in [-0.4, -0.2) is 64.3 Å². The normalized spacial score (nSPS) is 30.4. The van der Waals surface area contributed by atoms with Crippen molar-refractivity contribution in [3.05, 3.63) is 18.0 Å². The molecule has 0 bridgehead atoms. The molecule has 134 valence electrons. The van der Waals surface area contributed by atoms with Crippen molar-refractivity contribution < 1.29 is 19.4 Å². The lowest BCUT2D eigenvalue weighted by molar-refractivity contribution is -0.137. The Morgan fingerprint density at radius 1 is 1.46 bits per heavy atom. The van der Waals surface area contributed by atoms with Gasteiger partial charge in [-0.1, -0.05) is 0 Å². The van der Waals surface area contributed by atoms with Crippen molar-refractivity contribution in [1.82, 2.24) is 14.7 Å². The second-order valence-corrected chi connectivity index (χ2v) is 6.89. The summed E-state index contributed by atoms with van der Waals surface area (Å²) in [6.45, 7) is 2.24. The highest BCUT2D eigenvalue weighted by Gasteiger charge is 2.50. The number of carboxylic acids is 1. The minimum Gasteiger partial charge on any atom is -0.481 e. The van der Waals surface area contributed by atoms with Gasteiger partial charge in [0.2, 0.25) is 0 Å². The summed E-state index contributed by atoms with van der Waals surface area (Å²) < 4.78 is 13.3. The molecule has 2 fully saturated rings. The van der Waals surface area contributed by atoms with Gasteiger partial charge >= 0.3 is 5.97 Å². The summed E-state index contributed by atoms with van der Waals surface area (Å²) in [5.41, 5.74) is 1.07. The molecular formula is C17H27N3O4. The summed E-state index contributed by atoms with van der Waals surface area (Å²) in [6.07, 6.45) is 8.34. The molecule has 24 heavy (non-hydrogen) atoms. The number of hydrogen-bond acceptors (Lipinski definition) is 5. The van der Waals surface area contributed by atoms with E-state index in [9.17, 15) is 4.79 Å². The van der Waals surface area contributed by atoms with Crippen molar-refractivity contribution >= 4 is 5.97 Å². The lowest BCUT2D eigenvalue weighted by Crippen LogP contribution is -2.51. The molecule has 0 unspecified atom stereocenters. The molecule has 3 atom stereocenters. The zero-order valence-corrected chi connectivity index (χ0v) is 14.5. The minimum atomic E-state index is -0.802. The van der Waals surface area contributed by atoms with E-state index < -0.39 is 5.97 Å². The first-order valence-electron chi connectivity index (χ1n) is 8.61. The standard InChI is InChI=1S/C17H27N3O4/c1-23-14-3-5-17(24-2)6-8-19(15(17)9-14)11-13-10-18-20(12-13)7-4-16(21)22/h10,12,14-15H,3-9,11H2,1-2H3,(H,21,22)/t14-,15+,17-/m0/s1. The Morgan fingerprint density at radius 3 is 3.00 bits per heavy atom. The van der Waals surface area contributed by atoms with E-state index in [0.29, 0.717) is 18.7 Å². The van der Waals surface area contributed by atoms with Crippen molar-refractivity contribution in [2.24, 2.45) is 0 Å². The maximum absolute atomic E-state index is 10.7. The van der Waals surface area contributed by atoms with E-state index in [2.05, 4.69) is 10.00 Å². The molecule has 0 amide bonds. The summed E-state index contributed by atoms with van der Waals surface area (Å²) in [7, 11) is 3.61. The first-order chi connectivity index (χ1) is 11.6. The van der Waals surface area contributed by atoms with E-state index in [-0.39, 0.29) is 12.0 Å². The van der Waals surface area contributed by atoms with Crippen molar-refractivity contribution in [1.29, 1.82) is 0 Å². The lowest BCUT2D eigenvalue weighted by atomic mass is 9.79. The molecule has 1 saturated carbocycles. The number of carbonyl (C=O) groups is 1. The van der Waals surface area contributed by atoms with Crippen molar-refractivity contribution in [3.8, 4) is 0 Å². The van der Waals surface area contributed by atoms with Gasteiger partial charge in [0.05, 0.1) is 30.9 Å². The van der Waals surface area contributed by atoms with Gasteiger partial charge in [-0.3, -0.25) is 14.4 Å². The summed E-state index contributed by atoms with van der Waals surface area (Å²) in [4.78, 5) is 13.1. The third kappa shape index (κ3) is 3.48. The average Bonchev–Trinajstić information content (AvgIpc) is 3.18. The van der Waals surface area contributed by atoms with E-state index in [4.69, 9.17) is 14.6 Å². The van der Waals surface area contributed by atoms with E-state index in [1.807, 2.05) is 19.5 Å². The summed E-state index contributed by atoms with van der Waals surface area (Å²) in [5, 5.41) is 13.0. The molecule has 7 heteroatoms. The highest BCUT2D eigenvalue weighted by Crippen LogP contribution is 2.43. The predicted octanol–water partition coefficient (Wildman–Crippen LogP) is 1.52. The molecule has 0 aromatic carbocycles. The third-order valence-electron chi connectivity index (χ3n) is 5.61. The van der Waals surface area contributed by atoms with Crippen LogP contribution in [0.5, 0.6) is 0 Å². The molecule has 1 saturated heterocycles. The minimum absolute atomic E-state index is 0.0473. The Hall–Kier alpha value is -1.44. The van der Waals surface area contributed by atoms with Crippen molar-refractivity contribution in [2.75, 3.05) is 20.8 Å². The molecule has 1 aromatic rings. The van der Waals surface area contributed by atoms with Gasteiger partial charge in [-0.15, -0.1) is 0 Å². The number of fused-ring (bicyclic) bond motifs is 1. The van der Waals surface area contributed by atoms with Crippen LogP contribution in [0.15, 0.2) is 12.4 Å². The lowest BCUT2D eigenvalue weighted by Gasteiger charge is -2.43. The zero-order valence-electron chi connectivity index (χ0n) is 14.5.